The molecule has 2 aliphatic rings. The van der Waals surface area contributed by atoms with Gasteiger partial charge in [-0.05, 0) is 76.9 Å². The highest BCUT2D eigenvalue weighted by atomic mass is 16.6. The summed E-state index contributed by atoms with van der Waals surface area (Å²) >= 11 is 0. The van der Waals surface area contributed by atoms with Gasteiger partial charge >= 0.3 is 11.9 Å². The molecule has 0 spiro atoms. The molecule has 48 heavy (non-hydrogen) atoms. The highest BCUT2D eigenvalue weighted by Gasteiger charge is 2.45. The van der Waals surface area contributed by atoms with E-state index >= 15 is 0 Å². The number of aliphatic hydroxyl groups is 1. The molecular weight excluding hydrogens is 608 g/mol. The van der Waals surface area contributed by atoms with Crippen molar-refractivity contribution in [3.8, 4) is 11.5 Å². The zero-order chi connectivity index (χ0) is 34.6. The van der Waals surface area contributed by atoms with Gasteiger partial charge in [-0.3, -0.25) is 9.59 Å². The summed E-state index contributed by atoms with van der Waals surface area (Å²) in [6.07, 6.45) is -1.40. The highest BCUT2D eigenvalue weighted by molar-refractivity contribution is 6.11. The van der Waals surface area contributed by atoms with Crippen LogP contribution in [0.5, 0.6) is 11.5 Å². The zero-order valence-corrected chi connectivity index (χ0v) is 27.9. The average Bonchev–Trinajstić information content (AvgIpc) is 3.04. The van der Waals surface area contributed by atoms with Gasteiger partial charge in [0.2, 0.25) is 0 Å². The molecule has 2 aliphatic heterocycles. The Morgan fingerprint density at radius 2 is 1.10 bits per heavy atom. The Balaban J connectivity index is 0.000000188. The summed E-state index contributed by atoms with van der Waals surface area (Å²) in [6.45, 7) is 10.7. The average molecular weight is 649 g/mol. The van der Waals surface area contributed by atoms with Crippen LogP contribution in [0.2, 0.25) is 0 Å². The Labute approximate surface area is 280 Å². The number of fused-ring (bicyclic) bond motifs is 2. The molecular formula is C40H40O8. The summed E-state index contributed by atoms with van der Waals surface area (Å²) in [5.41, 5.74) is 1.24. The third-order valence-corrected chi connectivity index (χ3v) is 7.41. The predicted molar refractivity (Wildman–Crippen MR) is 182 cm³/mol. The first kappa shape index (κ1) is 34.0. The fourth-order valence-electron chi connectivity index (χ4n) is 5.40. The fourth-order valence-corrected chi connectivity index (χ4v) is 5.40. The Kier molecular flexibility index (Phi) is 9.75. The number of benzene rings is 4. The molecule has 0 amide bonds. The van der Waals surface area contributed by atoms with Crippen LogP contribution in [-0.4, -0.2) is 34.0 Å². The molecule has 0 radical (unpaired) electrons. The molecule has 0 fully saturated rings. The minimum Gasteiger partial charge on any atom is -0.506 e. The molecule has 4 aromatic carbocycles. The molecule has 0 saturated heterocycles. The lowest BCUT2D eigenvalue weighted by Crippen LogP contribution is -2.40. The van der Waals surface area contributed by atoms with E-state index in [-0.39, 0.29) is 17.1 Å². The van der Waals surface area contributed by atoms with Crippen molar-refractivity contribution in [2.24, 2.45) is 5.92 Å². The molecule has 0 aromatic heterocycles. The Morgan fingerprint density at radius 1 is 0.625 bits per heavy atom. The van der Waals surface area contributed by atoms with Crippen LogP contribution in [0, 0.1) is 5.92 Å². The second-order valence-corrected chi connectivity index (χ2v) is 13.5. The summed E-state index contributed by atoms with van der Waals surface area (Å²) in [4.78, 5) is 38.3. The van der Waals surface area contributed by atoms with E-state index in [4.69, 9.17) is 18.9 Å². The summed E-state index contributed by atoms with van der Waals surface area (Å²) in [5.74, 6) is -1.48. The molecule has 8 heteroatoms. The van der Waals surface area contributed by atoms with E-state index in [1.807, 2.05) is 72.8 Å². The minimum absolute atomic E-state index is 0.0973. The number of ether oxygens (including phenoxy) is 4. The lowest BCUT2D eigenvalue weighted by atomic mass is 9.85. The van der Waals surface area contributed by atoms with Gasteiger partial charge in [-0.1, -0.05) is 84.9 Å². The van der Waals surface area contributed by atoms with Gasteiger partial charge in [0, 0.05) is 0 Å². The smallest absolute Gasteiger partial charge is 0.342 e. The van der Waals surface area contributed by atoms with Crippen molar-refractivity contribution in [3.63, 3.8) is 0 Å². The first-order valence-electron chi connectivity index (χ1n) is 15.8. The second kappa shape index (κ2) is 13.8. The maximum atomic E-state index is 12.9. The summed E-state index contributed by atoms with van der Waals surface area (Å²) < 4.78 is 23.0. The number of carbonyl (C=O) groups is 3. The maximum Gasteiger partial charge on any atom is 0.342 e. The zero-order valence-electron chi connectivity index (χ0n) is 27.9. The van der Waals surface area contributed by atoms with Crippen LogP contribution in [0.25, 0.3) is 5.76 Å². The van der Waals surface area contributed by atoms with E-state index in [1.165, 1.54) is 0 Å². The third kappa shape index (κ3) is 7.77. The first-order chi connectivity index (χ1) is 22.7. The Morgan fingerprint density at radius 3 is 1.67 bits per heavy atom. The second-order valence-electron chi connectivity index (χ2n) is 13.5. The van der Waals surface area contributed by atoms with Crippen molar-refractivity contribution >= 4 is 23.5 Å². The third-order valence-electron chi connectivity index (χ3n) is 7.41. The van der Waals surface area contributed by atoms with Gasteiger partial charge < -0.3 is 24.1 Å². The number of Topliss-reactive ketones (excluding diaryl/α,β-unsaturated/α-hetero) is 1. The Bertz CT molecular complexity index is 1810. The molecule has 6 rings (SSSR count). The van der Waals surface area contributed by atoms with E-state index < -0.39 is 41.3 Å². The minimum atomic E-state index is -1.01. The van der Waals surface area contributed by atoms with Crippen molar-refractivity contribution in [2.45, 2.75) is 65.0 Å². The Hall–Kier alpha value is -5.37. The number of hydrogen-bond acceptors (Lipinski definition) is 8. The van der Waals surface area contributed by atoms with Crippen LogP contribution < -0.4 is 9.47 Å². The highest BCUT2D eigenvalue weighted by Crippen LogP contribution is 2.42. The molecule has 8 nitrogen and oxygen atoms in total. The van der Waals surface area contributed by atoms with Crippen molar-refractivity contribution in [1.82, 2.24) is 0 Å². The van der Waals surface area contributed by atoms with Crippen LogP contribution in [0.15, 0.2) is 115 Å². The molecule has 4 aromatic rings. The molecule has 3 atom stereocenters. The van der Waals surface area contributed by atoms with Crippen LogP contribution in [0.3, 0.4) is 0 Å². The van der Waals surface area contributed by atoms with Gasteiger partial charge in [0.15, 0.2) is 17.8 Å². The van der Waals surface area contributed by atoms with Crippen molar-refractivity contribution < 1.29 is 38.4 Å². The summed E-state index contributed by atoms with van der Waals surface area (Å²) in [7, 11) is 0. The summed E-state index contributed by atoms with van der Waals surface area (Å²) in [5, 5.41) is 10.7. The number of para-hydroxylation sites is 2. The largest absolute Gasteiger partial charge is 0.506 e. The van der Waals surface area contributed by atoms with Gasteiger partial charge in [-0.25, -0.2) is 4.79 Å². The van der Waals surface area contributed by atoms with Crippen molar-refractivity contribution in [1.29, 1.82) is 0 Å². The number of aliphatic hydroxyl groups excluding tert-OH is 1. The fraction of sp³-hybridized carbons (Fsp3) is 0.275. The number of esters is 2. The van der Waals surface area contributed by atoms with E-state index in [9.17, 15) is 19.5 Å². The lowest BCUT2D eigenvalue weighted by Gasteiger charge is -2.33. The number of ketones is 1. The normalized spacial score (nSPS) is 18.5. The molecule has 2 heterocycles. The molecule has 248 valence electrons. The monoisotopic (exact) mass is 648 g/mol. The first-order valence-corrected chi connectivity index (χ1v) is 15.8. The summed E-state index contributed by atoms with van der Waals surface area (Å²) in [6, 6.07) is 32.7. The van der Waals surface area contributed by atoms with Crippen molar-refractivity contribution in [2.75, 3.05) is 0 Å². The molecule has 0 bridgehead atoms. The number of carbonyl (C=O) groups excluding carboxylic acids is 3. The van der Waals surface area contributed by atoms with E-state index in [1.54, 1.807) is 77.9 Å². The van der Waals surface area contributed by atoms with Gasteiger partial charge in [0.05, 0.1) is 11.1 Å². The molecule has 1 unspecified atom stereocenters. The van der Waals surface area contributed by atoms with Crippen LogP contribution in [-0.2, 0) is 19.1 Å². The lowest BCUT2D eigenvalue weighted by molar-refractivity contribution is -0.161. The molecule has 1 N–H and O–H groups in total. The van der Waals surface area contributed by atoms with E-state index in [2.05, 4.69) is 0 Å². The maximum absolute atomic E-state index is 12.9. The topological polar surface area (TPSA) is 108 Å². The standard InChI is InChI=1S/2C20H20O4/c2*1-20(2,3)24-19(22)16-17(21)14-11-7-8-12-15(14)23-18(16)13-9-5-4-6-10-13/h4-12,18,21H,1-3H3;4-12,16,18H,1-3H3/t;16-,18+/m.1/s1. The van der Waals surface area contributed by atoms with Gasteiger partial charge in [-0.2, -0.15) is 0 Å². The number of hydrogen-bond donors (Lipinski definition) is 1. The van der Waals surface area contributed by atoms with Crippen LogP contribution >= 0.6 is 0 Å². The van der Waals surface area contributed by atoms with E-state index in [0.29, 0.717) is 22.6 Å². The van der Waals surface area contributed by atoms with Gasteiger partial charge in [0.1, 0.15) is 40.1 Å². The molecule has 0 aliphatic carbocycles. The molecule has 0 saturated carbocycles. The number of rotatable bonds is 4. The quantitative estimate of drug-likeness (QED) is 0.174. The van der Waals surface area contributed by atoms with Crippen LogP contribution in [0.1, 0.15) is 80.8 Å². The predicted octanol–water partition coefficient (Wildman–Crippen LogP) is 8.39. The van der Waals surface area contributed by atoms with E-state index in [0.717, 1.165) is 11.1 Å². The van der Waals surface area contributed by atoms with Gasteiger partial charge in [0.25, 0.3) is 0 Å². The van der Waals surface area contributed by atoms with Gasteiger partial charge in [-0.15, -0.1) is 0 Å². The van der Waals surface area contributed by atoms with Crippen LogP contribution in [0.4, 0.5) is 0 Å². The van der Waals surface area contributed by atoms with Crippen molar-refractivity contribution in [3.05, 3.63) is 137 Å². The SMILES string of the molecule is CC(C)(C)OC(=O)C1=C(O)c2ccccc2OC1c1ccccc1.CC(C)(C)OC(=O)[C@@H]1C(=O)c2ccccc2O[C@H]1c1ccccc1.